The molecule has 0 aliphatic rings. The zero-order valence-electron chi connectivity index (χ0n) is 22.5. The van der Waals surface area contributed by atoms with E-state index in [1.54, 1.807) is 64.1 Å². The van der Waals surface area contributed by atoms with E-state index in [0.717, 1.165) is 21.7 Å². The third kappa shape index (κ3) is 8.14. The van der Waals surface area contributed by atoms with Crippen LogP contribution in [0.5, 0.6) is 0 Å². The third-order valence-corrected chi connectivity index (χ3v) is 7.45. The fourth-order valence-corrected chi connectivity index (χ4v) is 4.65. The number of ether oxygens (including phenoxy) is 1. The Balaban J connectivity index is 1.92. The Labute approximate surface area is 245 Å². The molecule has 2 aromatic carbocycles. The van der Waals surface area contributed by atoms with Gasteiger partial charge in [0.15, 0.2) is 6.73 Å². The van der Waals surface area contributed by atoms with E-state index >= 15 is 0 Å². The summed E-state index contributed by atoms with van der Waals surface area (Å²) in [5.41, 5.74) is 6.44. The Hall–Kier alpha value is -3.25. The first-order valence-electron chi connectivity index (χ1n) is 12.5. The summed E-state index contributed by atoms with van der Waals surface area (Å²) >= 11 is 12.8. The van der Waals surface area contributed by atoms with Crippen LogP contribution in [0.2, 0.25) is 10.0 Å². The molecule has 3 aromatic rings. The molecule has 0 spiro atoms. The van der Waals surface area contributed by atoms with E-state index in [0.29, 0.717) is 10.0 Å². The standard InChI is InChI=1S/C27H31Cl2N5O5S/c1-15(2)21(30)24(36)31-22(16(3)4)25(37)39-14-33-26(32-23(35)18-7-11-20(29)12-8-18)40-34(27(33)38)13-17-5-9-19(28)10-6-17/h5-12,15-16,21-22H,13-14,30H2,1-4H3,(H,31,36)/t21-,22-/m1/s1. The molecule has 1 aromatic heterocycles. The van der Waals surface area contributed by atoms with Crippen LogP contribution < -0.4 is 21.5 Å². The maximum Gasteiger partial charge on any atom is 0.342 e. The highest BCUT2D eigenvalue weighted by atomic mass is 35.5. The van der Waals surface area contributed by atoms with Gasteiger partial charge in [0.1, 0.15) is 6.04 Å². The number of esters is 1. The van der Waals surface area contributed by atoms with Gasteiger partial charge in [-0.1, -0.05) is 63.0 Å². The van der Waals surface area contributed by atoms with Crippen molar-refractivity contribution in [3.8, 4) is 0 Å². The van der Waals surface area contributed by atoms with Crippen LogP contribution in [0.3, 0.4) is 0 Å². The molecular weight excluding hydrogens is 577 g/mol. The Bertz CT molecular complexity index is 1480. The molecule has 0 bridgehead atoms. The number of rotatable bonds is 10. The number of aromatic nitrogens is 2. The first-order chi connectivity index (χ1) is 18.9. The summed E-state index contributed by atoms with van der Waals surface area (Å²) in [6.07, 6.45) is 0. The average Bonchev–Trinajstić information content (AvgIpc) is 3.19. The second-order valence-electron chi connectivity index (χ2n) is 9.76. The molecule has 0 saturated heterocycles. The van der Waals surface area contributed by atoms with Gasteiger partial charge in [0, 0.05) is 15.6 Å². The molecular formula is C27H31Cl2N5O5S. The van der Waals surface area contributed by atoms with E-state index in [1.807, 2.05) is 0 Å². The minimum atomic E-state index is -0.996. The van der Waals surface area contributed by atoms with E-state index < -0.39 is 42.3 Å². The number of nitrogens with one attached hydrogen (secondary N) is 1. The summed E-state index contributed by atoms with van der Waals surface area (Å²) in [6, 6.07) is 11.3. The number of halogens is 2. The summed E-state index contributed by atoms with van der Waals surface area (Å²) in [5, 5.41) is 3.64. The molecule has 0 saturated carbocycles. The quantitative estimate of drug-likeness (QED) is 0.339. The Kier molecular flexibility index (Phi) is 10.9. The summed E-state index contributed by atoms with van der Waals surface area (Å²) in [4.78, 5) is 55.8. The lowest BCUT2D eigenvalue weighted by Gasteiger charge is -2.23. The van der Waals surface area contributed by atoms with Gasteiger partial charge in [-0.2, -0.15) is 4.99 Å². The zero-order valence-corrected chi connectivity index (χ0v) is 24.8. The van der Waals surface area contributed by atoms with Crippen molar-refractivity contribution in [2.75, 3.05) is 0 Å². The minimum absolute atomic E-state index is 0.0266. The Morgan fingerprint density at radius 1 is 0.975 bits per heavy atom. The number of carbonyl (C=O) groups excluding carboxylic acids is 3. The number of benzene rings is 2. The van der Waals surface area contributed by atoms with Gasteiger partial charge >= 0.3 is 11.7 Å². The first kappa shape index (κ1) is 31.3. The van der Waals surface area contributed by atoms with Gasteiger partial charge in [-0.3, -0.25) is 9.59 Å². The molecule has 214 valence electrons. The fourth-order valence-electron chi connectivity index (χ4n) is 3.46. The van der Waals surface area contributed by atoms with Crippen LogP contribution in [-0.4, -0.2) is 38.4 Å². The van der Waals surface area contributed by atoms with E-state index in [1.165, 1.54) is 16.1 Å². The van der Waals surface area contributed by atoms with Crippen LogP contribution in [0.4, 0.5) is 0 Å². The lowest BCUT2D eigenvalue weighted by molar-refractivity contribution is -0.153. The normalized spacial score (nSPS) is 13.4. The summed E-state index contributed by atoms with van der Waals surface area (Å²) in [6.45, 7) is 6.74. The van der Waals surface area contributed by atoms with Crippen molar-refractivity contribution in [3.05, 3.63) is 85.0 Å². The number of hydrogen-bond donors (Lipinski definition) is 2. The number of nitrogens with two attached hydrogens (primary N) is 1. The summed E-state index contributed by atoms with van der Waals surface area (Å²) in [7, 11) is 0. The number of nitrogens with zero attached hydrogens (tertiary/aromatic N) is 3. The molecule has 0 fully saturated rings. The van der Waals surface area contributed by atoms with E-state index in [9.17, 15) is 19.2 Å². The van der Waals surface area contributed by atoms with Gasteiger partial charge in [0.2, 0.25) is 10.7 Å². The number of amides is 2. The Morgan fingerprint density at radius 3 is 2.10 bits per heavy atom. The smallest absolute Gasteiger partial charge is 0.342 e. The van der Waals surface area contributed by atoms with Crippen molar-refractivity contribution in [1.82, 2.24) is 13.8 Å². The van der Waals surface area contributed by atoms with Crippen LogP contribution in [0, 0.1) is 11.8 Å². The largest absolute Gasteiger partial charge is 0.442 e. The highest BCUT2D eigenvalue weighted by Crippen LogP contribution is 2.12. The molecule has 0 aliphatic carbocycles. The third-order valence-electron chi connectivity index (χ3n) is 5.97. The van der Waals surface area contributed by atoms with Crippen molar-refractivity contribution in [2.24, 2.45) is 22.6 Å². The minimum Gasteiger partial charge on any atom is -0.442 e. The van der Waals surface area contributed by atoms with Crippen LogP contribution in [-0.2, 0) is 27.6 Å². The summed E-state index contributed by atoms with van der Waals surface area (Å²) < 4.78 is 7.92. The molecule has 1 heterocycles. The van der Waals surface area contributed by atoms with Crippen LogP contribution >= 0.6 is 34.7 Å². The average molecular weight is 609 g/mol. The van der Waals surface area contributed by atoms with Crippen molar-refractivity contribution in [1.29, 1.82) is 0 Å². The van der Waals surface area contributed by atoms with Gasteiger partial charge in [-0.05, 0) is 65.3 Å². The highest BCUT2D eigenvalue weighted by molar-refractivity contribution is 7.03. The zero-order chi connectivity index (χ0) is 29.6. The molecule has 2 atom stereocenters. The maximum absolute atomic E-state index is 13.3. The highest BCUT2D eigenvalue weighted by Gasteiger charge is 2.29. The van der Waals surface area contributed by atoms with E-state index in [-0.39, 0.29) is 28.7 Å². The van der Waals surface area contributed by atoms with Gasteiger partial charge < -0.3 is 15.8 Å². The van der Waals surface area contributed by atoms with Gasteiger partial charge in [0.05, 0.1) is 12.6 Å². The molecule has 3 rings (SSSR count). The fraction of sp³-hybridized carbons (Fsp3) is 0.370. The second-order valence-corrected chi connectivity index (χ2v) is 11.6. The first-order valence-corrected chi connectivity index (χ1v) is 14.0. The SMILES string of the molecule is CC(C)[C@@H](N)C(=O)N[C@@H](C(=O)OCn1c(=NC(=O)c2ccc(Cl)cc2)sn(Cc2ccc(Cl)cc2)c1=O)C(C)C. The monoisotopic (exact) mass is 607 g/mol. The molecule has 10 nitrogen and oxygen atoms in total. The van der Waals surface area contributed by atoms with Crippen LogP contribution in [0.1, 0.15) is 43.6 Å². The number of hydrogen-bond acceptors (Lipinski definition) is 7. The second kappa shape index (κ2) is 13.9. The molecule has 40 heavy (non-hydrogen) atoms. The van der Waals surface area contributed by atoms with Crippen molar-refractivity contribution >= 4 is 52.5 Å². The van der Waals surface area contributed by atoms with Crippen LogP contribution in [0.25, 0.3) is 0 Å². The van der Waals surface area contributed by atoms with Gasteiger partial charge in [-0.15, -0.1) is 0 Å². The molecule has 3 N–H and O–H groups in total. The summed E-state index contributed by atoms with van der Waals surface area (Å²) in [5.74, 6) is -2.29. The topological polar surface area (TPSA) is 138 Å². The van der Waals surface area contributed by atoms with Gasteiger partial charge in [-0.25, -0.2) is 18.1 Å². The van der Waals surface area contributed by atoms with Crippen molar-refractivity contribution < 1.29 is 19.1 Å². The molecule has 0 aliphatic heterocycles. The van der Waals surface area contributed by atoms with Crippen LogP contribution in [0.15, 0.2) is 58.3 Å². The van der Waals surface area contributed by atoms with E-state index in [4.69, 9.17) is 33.7 Å². The van der Waals surface area contributed by atoms with Crippen molar-refractivity contribution in [2.45, 2.75) is 53.1 Å². The molecule has 0 radical (unpaired) electrons. The lowest BCUT2D eigenvalue weighted by Crippen LogP contribution is -2.52. The van der Waals surface area contributed by atoms with Crippen molar-refractivity contribution in [3.63, 3.8) is 0 Å². The molecule has 0 unspecified atom stereocenters. The predicted molar refractivity (Wildman–Crippen MR) is 154 cm³/mol. The maximum atomic E-state index is 13.3. The predicted octanol–water partition coefficient (Wildman–Crippen LogP) is 3.43. The van der Waals surface area contributed by atoms with E-state index in [2.05, 4.69) is 10.3 Å². The lowest BCUT2D eigenvalue weighted by atomic mass is 10.0. The molecule has 2 amide bonds. The molecule has 13 heteroatoms. The van der Waals surface area contributed by atoms with Gasteiger partial charge in [0.25, 0.3) is 5.91 Å². The number of carbonyl (C=O) groups is 3. The Morgan fingerprint density at radius 2 is 1.55 bits per heavy atom.